The summed E-state index contributed by atoms with van der Waals surface area (Å²) in [4.78, 5) is 42.7. The molecule has 2 aromatic carbocycles. The molecular weight excluding hydrogens is 510 g/mol. The smallest absolute Gasteiger partial charge is 0.313 e. The second kappa shape index (κ2) is 11.1. The van der Waals surface area contributed by atoms with Gasteiger partial charge in [0, 0.05) is 37.6 Å². The Labute approximate surface area is 231 Å². The summed E-state index contributed by atoms with van der Waals surface area (Å²) in [5, 5.41) is 7.64. The van der Waals surface area contributed by atoms with Gasteiger partial charge in [-0.1, -0.05) is 36.4 Å². The highest BCUT2D eigenvalue weighted by Crippen LogP contribution is 2.43. The van der Waals surface area contributed by atoms with Gasteiger partial charge in [0.25, 0.3) is 5.56 Å². The number of pyridine rings is 1. The normalized spacial score (nSPS) is 17.4. The number of benzene rings is 2. The number of esters is 1. The van der Waals surface area contributed by atoms with Crippen LogP contribution in [0.4, 0.5) is 5.69 Å². The first-order valence-electron chi connectivity index (χ1n) is 13.6. The molecule has 4 aliphatic heterocycles. The van der Waals surface area contributed by atoms with Crippen LogP contribution in [0.15, 0.2) is 65.5 Å². The standard InChI is InChI=1S/C30H31N5O5/c1-20-25-27(32-35(29(25)38)22-11-6-3-7-12-22)26-23(28(37)31-21-9-4-2-5-10-21)19-24(36)40-30(26)34(20)14-8-13-33-15-17-39-18-16-33/h2-7,9-12,23H,8,13-19H2,1H3,(H,31,37)/t23-/m1/s1. The van der Waals surface area contributed by atoms with Crippen LogP contribution in [0.2, 0.25) is 0 Å². The molecule has 0 radical (unpaired) electrons. The Hall–Kier alpha value is -4.28. The van der Waals surface area contributed by atoms with Gasteiger partial charge in [0.15, 0.2) is 0 Å². The van der Waals surface area contributed by atoms with Crippen molar-refractivity contribution in [1.82, 2.24) is 19.2 Å². The Kier molecular flexibility index (Phi) is 7.19. The maximum absolute atomic E-state index is 13.8. The van der Waals surface area contributed by atoms with Crippen molar-refractivity contribution in [3.8, 4) is 22.8 Å². The predicted molar refractivity (Wildman–Crippen MR) is 149 cm³/mol. The molecule has 0 bridgehead atoms. The van der Waals surface area contributed by atoms with E-state index < -0.39 is 11.9 Å². The van der Waals surface area contributed by atoms with Gasteiger partial charge in [-0.3, -0.25) is 19.3 Å². The van der Waals surface area contributed by atoms with Gasteiger partial charge in [-0.15, -0.1) is 0 Å². The summed E-state index contributed by atoms with van der Waals surface area (Å²) < 4.78 is 14.5. The topological polar surface area (TPSA) is 108 Å². The van der Waals surface area contributed by atoms with Gasteiger partial charge in [-0.05, 0) is 37.6 Å². The van der Waals surface area contributed by atoms with Crippen LogP contribution in [0.1, 0.15) is 30.0 Å². The lowest BCUT2D eigenvalue weighted by Crippen LogP contribution is -2.37. The highest BCUT2D eigenvalue weighted by Gasteiger charge is 2.41. The minimum Gasteiger partial charge on any atom is -0.409 e. The first-order chi connectivity index (χ1) is 19.5. The van der Waals surface area contributed by atoms with Crippen LogP contribution >= 0.6 is 0 Å². The number of ether oxygens (including phenoxy) is 2. The third-order valence-corrected chi connectivity index (χ3v) is 7.59. The highest BCUT2D eigenvalue weighted by molar-refractivity contribution is 6.01. The maximum Gasteiger partial charge on any atom is 0.313 e. The quantitative estimate of drug-likeness (QED) is 0.358. The molecule has 6 rings (SSSR count). The molecule has 1 N–H and O–H groups in total. The van der Waals surface area contributed by atoms with Gasteiger partial charge in [0.2, 0.25) is 11.8 Å². The van der Waals surface area contributed by atoms with Crippen LogP contribution < -0.4 is 15.6 Å². The second-order valence-electron chi connectivity index (χ2n) is 10.1. The number of fused-ring (bicyclic) bond motifs is 3. The third kappa shape index (κ3) is 4.91. The third-order valence-electron chi connectivity index (χ3n) is 7.59. The van der Waals surface area contributed by atoms with Gasteiger partial charge >= 0.3 is 5.97 Å². The zero-order chi connectivity index (χ0) is 27.6. The Morgan fingerprint density at radius 2 is 1.70 bits per heavy atom. The fourth-order valence-electron chi connectivity index (χ4n) is 5.56. The summed E-state index contributed by atoms with van der Waals surface area (Å²) in [6.45, 7) is 6.35. The molecular formula is C30H31N5O5. The number of nitrogens with one attached hydrogen (secondary N) is 1. The summed E-state index contributed by atoms with van der Waals surface area (Å²) >= 11 is 0. The van der Waals surface area contributed by atoms with Crippen molar-refractivity contribution in [3.63, 3.8) is 0 Å². The second-order valence-corrected chi connectivity index (χ2v) is 10.1. The van der Waals surface area contributed by atoms with E-state index in [2.05, 4.69) is 10.2 Å². The molecule has 4 aliphatic rings. The van der Waals surface area contributed by atoms with E-state index >= 15 is 0 Å². The monoisotopic (exact) mass is 541 g/mol. The highest BCUT2D eigenvalue weighted by atomic mass is 16.5. The van der Waals surface area contributed by atoms with E-state index in [0.29, 0.717) is 53.6 Å². The minimum absolute atomic E-state index is 0.149. The van der Waals surface area contributed by atoms with E-state index in [1.165, 1.54) is 4.68 Å². The number of anilines is 1. The van der Waals surface area contributed by atoms with Crippen molar-refractivity contribution in [2.24, 2.45) is 0 Å². The Balaban J connectivity index is 1.46. The van der Waals surface area contributed by atoms with Crippen molar-refractivity contribution >= 4 is 17.6 Å². The number of carbonyl (C=O) groups is 2. The van der Waals surface area contributed by atoms with Crippen LogP contribution in [-0.2, 0) is 20.9 Å². The lowest BCUT2D eigenvalue weighted by molar-refractivity contribution is -0.138. The number of carbonyl (C=O) groups excluding carboxylic acids is 2. The molecule has 1 fully saturated rings. The fraction of sp³-hybridized carbons (Fsp3) is 0.333. The molecule has 1 amide bonds. The Morgan fingerprint density at radius 1 is 1.00 bits per heavy atom. The van der Waals surface area contributed by atoms with Crippen LogP contribution in [0.5, 0.6) is 5.88 Å². The largest absolute Gasteiger partial charge is 0.409 e. The molecule has 206 valence electrons. The van der Waals surface area contributed by atoms with Crippen molar-refractivity contribution in [2.45, 2.75) is 32.2 Å². The number of morpholine rings is 1. The Morgan fingerprint density at radius 3 is 2.42 bits per heavy atom. The summed E-state index contributed by atoms with van der Waals surface area (Å²) in [6, 6.07) is 18.3. The zero-order valence-electron chi connectivity index (χ0n) is 22.3. The fourth-order valence-corrected chi connectivity index (χ4v) is 5.56. The van der Waals surface area contributed by atoms with E-state index in [4.69, 9.17) is 14.6 Å². The summed E-state index contributed by atoms with van der Waals surface area (Å²) in [7, 11) is 0. The van der Waals surface area contributed by atoms with E-state index in [1.807, 2.05) is 60.0 Å². The number of hydrogen-bond acceptors (Lipinski definition) is 7. The van der Waals surface area contributed by atoms with E-state index in [1.54, 1.807) is 12.1 Å². The molecule has 0 unspecified atom stereocenters. The van der Waals surface area contributed by atoms with Crippen LogP contribution in [0.25, 0.3) is 16.9 Å². The van der Waals surface area contributed by atoms with Gasteiger partial charge < -0.3 is 19.4 Å². The molecule has 0 saturated carbocycles. The van der Waals surface area contributed by atoms with E-state index in [0.717, 1.165) is 26.1 Å². The van der Waals surface area contributed by atoms with Gasteiger partial charge in [0.05, 0.1) is 42.4 Å². The lowest BCUT2D eigenvalue weighted by atomic mass is 9.88. The number of hydrogen-bond donors (Lipinski definition) is 1. The van der Waals surface area contributed by atoms with Gasteiger partial charge in [0.1, 0.15) is 5.69 Å². The van der Waals surface area contributed by atoms with Crippen molar-refractivity contribution in [3.05, 3.63) is 82.3 Å². The Bertz CT molecular complexity index is 1560. The molecule has 4 heterocycles. The molecule has 0 aliphatic carbocycles. The zero-order valence-corrected chi connectivity index (χ0v) is 22.3. The number of rotatable bonds is 7. The molecule has 0 aromatic heterocycles. The lowest BCUT2D eigenvalue weighted by Gasteiger charge is -2.30. The molecule has 2 aromatic rings. The van der Waals surface area contributed by atoms with Crippen molar-refractivity contribution in [2.75, 3.05) is 38.2 Å². The van der Waals surface area contributed by atoms with E-state index in [9.17, 15) is 14.4 Å². The molecule has 1 atom stereocenters. The summed E-state index contributed by atoms with van der Waals surface area (Å²) in [5.41, 5.74) is 2.88. The molecule has 0 spiro atoms. The van der Waals surface area contributed by atoms with Gasteiger partial charge in [-0.2, -0.15) is 9.78 Å². The van der Waals surface area contributed by atoms with Crippen molar-refractivity contribution in [1.29, 1.82) is 0 Å². The molecule has 40 heavy (non-hydrogen) atoms. The van der Waals surface area contributed by atoms with Crippen LogP contribution in [0.3, 0.4) is 0 Å². The number of nitrogens with zero attached hydrogens (tertiary/aromatic N) is 4. The van der Waals surface area contributed by atoms with Crippen LogP contribution in [0, 0.1) is 6.92 Å². The number of para-hydroxylation sites is 2. The molecule has 10 nitrogen and oxygen atoms in total. The molecule has 1 saturated heterocycles. The van der Waals surface area contributed by atoms with E-state index in [-0.39, 0.29) is 23.8 Å². The van der Waals surface area contributed by atoms with Gasteiger partial charge in [-0.25, -0.2) is 0 Å². The SMILES string of the molecule is Cc1c2c(=O)n(-c3ccccc3)nc-2c2c(n1CCCN1CCOCC1)OC(=O)C[C@H]2C(=O)Nc1ccccc1. The first-order valence-corrected chi connectivity index (χ1v) is 13.6. The summed E-state index contributed by atoms with van der Waals surface area (Å²) in [6.07, 6.45) is 0.618. The number of aromatic nitrogens is 3. The van der Waals surface area contributed by atoms with Crippen molar-refractivity contribution < 1.29 is 19.1 Å². The average molecular weight is 542 g/mol. The number of amides is 1. The minimum atomic E-state index is -0.872. The maximum atomic E-state index is 13.8. The van der Waals surface area contributed by atoms with Crippen LogP contribution in [-0.4, -0.2) is 64.0 Å². The summed E-state index contributed by atoms with van der Waals surface area (Å²) in [5.74, 6) is -1.43. The predicted octanol–water partition coefficient (Wildman–Crippen LogP) is 3.20. The average Bonchev–Trinajstić information content (AvgIpc) is 3.33. The molecule has 10 heteroatoms. The first kappa shape index (κ1) is 26.0.